The number of hydrogen-bond acceptors (Lipinski definition) is 3. The zero-order valence-electron chi connectivity index (χ0n) is 10.6. The zero-order valence-corrected chi connectivity index (χ0v) is 11.4. The highest BCUT2D eigenvalue weighted by Gasteiger charge is 2.24. The van der Waals surface area contributed by atoms with Gasteiger partial charge in [-0.15, -0.1) is 0 Å². The van der Waals surface area contributed by atoms with E-state index in [-0.39, 0.29) is 0 Å². The maximum absolute atomic E-state index is 10.9. The summed E-state index contributed by atoms with van der Waals surface area (Å²) >= 11 is 1.61. The Morgan fingerprint density at radius 1 is 1.28 bits per heavy atom. The third-order valence-electron chi connectivity index (χ3n) is 2.48. The molecule has 0 saturated carbocycles. The summed E-state index contributed by atoms with van der Waals surface area (Å²) in [6.07, 6.45) is 10.1. The molecule has 0 spiro atoms. The van der Waals surface area contributed by atoms with Crippen molar-refractivity contribution in [3.05, 3.63) is 71.3 Å². The summed E-state index contributed by atoms with van der Waals surface area (Å²) in [6.45, 7) is 13.6. The van der Waals surface area contributed by atoms with Crippen molar-refractivity contribution in [1.82, 2.24) is 4.90 Å². The molecule has 0 aromatic rings. The molecule has 18 heavy (non-hydrogen) atoms. The second-order valence-electron chi connectivity index (χ2n) is 3.48. The van der Waals surface area contributed by atoms with Gasteiger partial charge in [0.1, 0.15) is 6.29 Å². The van der Waals surface area contributed by atoms with Crippen molar-refractivity contribution in [3.8, 4) is 0 Å². The minimum absolute atomic E-state index is 0.299. The summed E-state index contributed by atoms with van der Waals surface area (Å²) in [7, 11) is 0. The molecule has 0 aromatic heterocycles. The van der Waals surface area contributed by atoms with Gasteiger partial charge in [0.05, 0.1) is 17.9 Å². The molecular formula is C15H17NOS. The van der Waals surface area contributed by atoms with Gasteiger partial charge in [0, 0.05) is 9.81 Å². The second-order valence-corrected chi connectivity index (χ2v) is 4.56. The highest BCUT2D eigenvalue weighted by Crippen LogP contribution is 2.42. The molecule has 0 atom stereocenters. The van der Waals surface area contributed by atoms with Crippen molar-refractivity contribution in [1.29, 1.82) is 0 Å². The third kappa shape index (κ3) is 2.74. The summed E-state index contributed by atoms with van der Waals surface area (Å²) in [6, 6.07) is 0. The van der Waals surface area contributed by atoms with Crippen LogP contribution in [0.3, 0.4) is 0 Å². The fourth-order valence-corrected chi connectivity index (χ4v) is 2.89. The van der Waals surface area contributed by atoms with E-state index in [1.54, 1.807) is 30.0 Å². The summed E-state index contributed by atoms with van der Waals surface area (Å²) in [5, 5.41) is 0. The Labute approximate surface area is 113 Å². The van der Waals surface area contributed by atoms with Crippen LogP contribution in [0.2, 0.25) is 0 Å². The van der Waals surface area contributed by atoms with Crippen LogP contribution in [0.25, 0.3) is 0 Å². The molecule has 0 bridgehead atoms. The molecule has 1 heterocycles. The first-order chi connectivity index (χ1) is 8.73. The van der Waals surface area contributed by atoms with Crippen molar-refractivity contribution in [2.24, 2.45) is 0 Å². The highest BCUT2D eigenvalue weighted by molar-refractivity contribution is 8.07. The first-order valence-corrected chi connectivity index (χ1v) is 6.42. The van der Waals surface area contributed by atoms with Gasteiger partial charge in [-0.2, -0.15) is 0 Å². The minimum atomic E-state index is 0.299. The molecule has 3 heteroatoms. The topological polar surface area (TPSA) is 20.3 Å². The molecule has 0 aliphatic carbocycles. The number of nitrogens with zero attached hydrogens (tertiary/aromatic N) is 1. The number of rotatable bonds is 5. The van der Waals surface area contributed by atoms with Crippen LogP contribution in [0.5, 0.6) is 0 Å². The van der Waals surface area contributed by atoms with Crippen molar-refractivity contribution in [2.75, 3.05) is 6.54 Å². The van der Waals surface area contributed by atoms with Gasteiger partial charge in [0.15, 0.2) is 0 Å². The fourth-order valence-electron chi connectivity index (χ4n) is 1.77. The molecule has 0 amide bonds. The Hall–Kier alpha value is -1.74. The largest absolute Gasteiger partial charge is 0.333 e. The van der Waals surface area contributed by atoms with Crippen molar-refractivity contribution in [3.63, 3.8) is 0 Å². The standard InChI is InChI=1S/C15H17NOS/c1-5-9-15-13(7-3)16(10-11-17)12(6-2)14(8-4)18-15/h5-9,11H,1-2,4,10H2,3H3/b13-7+,15-9+. The molecular weight excluding hydrogens is 242 g/mol. The van der Waals surface area contributed by atoms with E-state index in [1.807, 2.05) is 24.0 Å². The van der Waals surface area contributed by atoms with E-state index in [4.69, 9.17) is 0 Å². The van der Waals surface area contributed by atoms with Gasteiger partial charge in [-0.3, -0.25) is 0 Å². The first-order valence-electron chi connectivity index (χ1n) is 5.61. The molecule has 0 fully saturated rings. The number of allylic oxidation sites excluding steroid dienone is 5. The van der Waals surface area contributed by atoms with Gasteiger partial charge in [0.2, 0.25) is 0 Å². The molecule has 0 saturated heterocycles. The predicted octanol–water partition coefficient (Wildman–Crippen LogP) is 3.79. The van der Waals surface area contributed by atoms with Gasteiger partial charge in [-0.1, -0.05) is 49.7 Å². The van der Waals surface area contributed by atoms with Crippen LogP contribution in [-0.2, 0) is 4.79 Å². The highest BCUT2D eigenvalue weighted by atomic mass is 32.2. The molecule has 1 aliphatic heterocycles. The normalized spacial score (nSPS) is 20.2. The summed E-state index contributed by atoms with van der Waals surface area (Å²) in [4.78, 5) is 14.8. The lowest BCUT2D eigenvalue weighted by molar-refractivity contribution is -0.108. The Balaban J connectivity index is 3.41. The lowest BCUT2D eigenvalue weighted by Crippen LogP contribution is -2.27. The second kappa shape index (κ2) is 6.87. The van der Waals surface area contributed by atoms with E-state index in [1.165, 1.54) is 0 Å². The van der Waals surface area contributed by atoms with Gasteiger partial charge < -0.3 is 9.69 Å². The van der Waals surface area contributed by atoms with E-state index in [2.05, 4.69) is 19.7 Å². The molecule has 0 aromatic carbocycles. The molecule has 0 unspecified atom stereocenters. The van der Waals surface area contributed by atoms with Crippen LogP contribution in [0.4, 0.5) is 0 Å². The fraction of sp³-hybridized carbons (Fsp3) is 0.133. The SMILES string of the molecule is C=C/C=C1/SC(C=C)=C(C=C)N(CC=O)/C1=C/C. The monoisotopic (exact) mass is 259 g/mol. The third-order valence-corrected chi connectivity index (χ3v) is 3.65. The van der Waals surface area contributed by atoms with Crippen LogP contribution < -0.4 is 0 Å². The van der Waals surface area contributed by atoms with Crippen LogP contribution in [0.1, 0.15) is 6.92 Å². The van der Waals surface area contributed by atoms with Crippen molar-refractivity contribution in [2.45, 2.75) is 6.92 Å². The van der Waals surface area contributed by atoms with Gasteiger partial charge in [-0.25, -0.2) is 0 Å². The summed E-state index contributed by atoms with van der Waals surface area (Å²) < 4.78 is 0. The maximum atomic E-state index is 10.9. The Bertz CT molecular complexity index is 469. The molecule has 94 valence electrons. The summed E-state index contributed by atoms with van der Waals surface area (Å²) in [5.41, 5.74) is 1.91. The quantitative estimate of drug-likeness (QED) is 0.701. The number of thioether (sulfide) groups is 1. The number of aldehydes is 1. The number of hydrogen-bond donors (Lipinski definition) is 0. The van der Waals surface area contributed by atoms with Crippen LogP contribution in [0.15, 0.2) is 71.3 Å². The van der Waals surface area contributed by atoms with Gasteiger partial charge in [-0.05, 0) is 19.1 Å². The van der Waals surface area contributed by atoms with Crippen molar-refractivity contribution < 1.29 is 4.79 Å². The van der Waals surface area contributed by atoms with E-state index in [0.29, 0.717) is 6.54 Å². The Kier molecular flexibility index (Phi) is 5.46. The molecule has 0 N–H and O–H groups in total. The average molecular weight is 259 g/mol. The van der Waals surface area contributed by atoms with E-state index < -0.39 is 0 Å². The molecule has 2 nitrogen and oxygen atoms in total. The van der Waals surface area contributed by atoms with E-state index >= 15 is 0 Å². The van der Waals surface area contributed by atoms with Gasteiger partial charge in [0.25, 0.3) is 0 Å². The molecule has 1 aliphatic rings. The van der Waals surface area contributed by atoms with Crippen LogP contribution >= 0.6 is 11.8 Å². The maximum Gasteiger partial charge on any atom is 0.139 e. The summed E-state index contributed by atoms with van der Waals surface area (Å²) in [5.74, 6) is 0. The van der Waals surface area contributed by atoms with Crippen molar-refractivity contribution >= 4 is 18.0 Å². The lowest BCUT2D eigenvalue weighted by atomic mass is 10.2. The minimum Gasteiger partial charge on any atom is -0.333 e. The Morgan fingerprint density at radius 2 is 2.00 bits per heavy atom. The van der Waals surface area contributed by atoms with Crippen LogP contribution in [-0.4, -0.2) is 17.7 Å². The zero-order chi connectivity index (χ0) is 13.5. The smallest absolute Gasteiger partial charge is 0.139 e. The van der Waals surface area contributed by atoms with E-state index in [0.717, 1.165) is 27.5 Å². The lowest BCUT2D eigenvalue weighted by Gasteiger charge is -2.33. The van der Waals surface area contributed by atoms with Gasteiger partial charge >= 0.3 is 0 Å². The molecule has 1 rings (SSSR count). The Morgan fingerprint density at radius 3 is 2.44 bits per heavy atom. The van der Waals surface area contributed by atoms with Crippen LogP contribution in [0, 0.1) is 0 Å². The molecule has 0 radical (unpaired) electrons. The van der Waals surface area contributed by atoms with E-state index in [9.17, 15) is 4.79 Å². The number of carbonyl (C=O) groups excluding carboxylic acids is 1. The average Bonchev–Trinajstić information content (AvgIpc) is 2.39. The number of carbonyl (C=O) groups is 1. The predicted molar refractivity (Wildman–Crippen MR) is 79.8 cm³/mol. The first kappa shape index (κ1) is 14.3.